The molecular formula is C31H22Br2O4. The molecule has 37 heavy (non-hydrogen) atoms. The zero-order valence-corrected chi connectivity index (χ0v) is 23.0. The summed E-state index contributed by atoms with van der Waals surface area (Å²) in [7, 11) is 0. The third-order valence-electron chi connectivity index (χ3n) is 5.47. The Balaban J connectivity index is 1.37. The topological polar surface area (TPSA) is 36.9 Å². The van der Waals surface area contributed by atoms with Crippen LogP contribution in [0.4, 0.5) is 0 Å². The fourth-order valence-corrected chi connectivity index (χ4v) is 4.43. The number of halogens is 2. The lowest BCUT2D eigenvalue weighted by molar-refractivity contribution is 0.438. The quantitative estimate of drug-likeness (QED) is 0.173. The van der Waals surface area contributed by atoms with Gasteiger partial charge in [-0.05, 0) is 99.4 Å². The number of para-hydroxylation sites is 2. The highest BCUT2D eigenvalue weighted by atomic mass is 79.9. The molecule has 0 N–H and O–H groups in total. The summed E-state index contributed by atoms with van der Waals surface area (Å²) >= 11 is 7.27. The summed E-state index contributed by atoms with van der Waals surface area (Å²) < 4.78 is 26.1. The van der Waals surface area contributed by atoms with Gasteiger partial charge in [-0.25, -0.2) is 0 Å². The van der Waals surface area contributed by atoms with Crippen LogP contribution in [0, 0.1) is 6.92 Å². The van der Waals surface area contributed by atoms with E-state index in [4.69, 9.17) is 18.9 Å². The van der Waals surface area contributed by atoms with Crippen molar-refractivity contribution < 1.29 is 18.9 Å². The Morgan fingerprint density at radius 2 is 0.703 bits per heavy atom. The monoisotopic (exact) mass is 616 g/mol. The van der Waals surface area contributed by atoms with Crippen molar-refractivity contribution >= 4 is 31.9 Å². The maximum absolute atomic E-state index is 6.29. The summed E-state index contributed by atoms with van der Waals surface area (Å²) in [6.45, 7) is 1.96. The minimum atomic E-state index is 0.633. The molecule has 0 bridgehead atoms. The first-order valence-electron chi connectivity index (χ1n) is 11.6. The lowest BCUT2D eigenvalue weighted by atomic mass is 10.2. The molecule has 0 aromatic heterocycles. The van der Waals surface area contributed by atoms with Crippen LogP contribution in [0.2, 0.25) is 0 Å². The van der Waals surface area contributed by atoms with Gasteiger partial charge in [0.2, 0.25) is 0 Å². The smallest absolute Gasteiger partial charge is 0.145 e. The van der Waals surface area contributed by atoms with E-state index in [1.165, 1.54) is 0 Å². The van der Waals surface area contributed by atoms with Crippen LogP contribution in [-0.2, 0) is 0 Å². The molecule has 0 aliphatic carbocycles. The van der Waals surface area contributed by atoms with Crippen molar-refractivity contribution in [2.45, 2.75) is 6.92 Å². The molecule has 0 saturated carbocycles. The second-order valence-electron chi connectivity index (χ2n) is 8.05. The van der Waals surface area contributed by atoms with Crippen LogP contribution in [0.15, 0.2) is 124 Å². The van der Waals surface area contributed by atoms with Crippen LogP contribution in [-0.4, -0.2) is 0 Å². The van der Waals surface area contributed by atoms with Crippen LogP contribution in [0.3, 0.4) is 0 Å². The molecule has 0 radical (unpaired) electrons. The molecule has 0 fully saturated rings. The fraction of sp³-hybridized carbons (Fsp3) is 0.0323. The summed E-state index contributed by atoms with van der Waals surface area (Å²) in [6.07, 6.45) is 0. The number of rotatable bonds is 8. The molecule has 5 rings (SSSR count). The average Bonchev–Trinajstić information content (AvgIpc) is 2.92. The molecule has 6 heteroatoms. The van der Waals surface area contributed by atoms with E-state index >= 15 is 0 Å². The van der Waals surface area contributed by atoms with E-state index in [-0.39, 0.29) is 0 Å². The van der Waals surface area contributed by atoms with E-state index in [0.29, 0.717) is 34.5 Å². The van der Waals surface area contributed by atoms with E-state index in [1.807, 2.05) is 122 Å². The van der Waals surface area contributed by atoms with Crippen molar-refractivity contribution in [3.05, 3.63) is 130 Å². The van der Waals surface area contributed by atoms with Crippen LogP contribution < -0.4 is 18.9 Å². The molecule has 0 saturated heterocycles. The minimum absolute atomic E-state index is 0.633. The van der Waals surface area contributed by atoms with Crippen molar-refractivity contribution in [2.24, 2.45) is 0 Å². The molecule has 5 aromatic carbocycles. The highest BCUT2D eigenvalue weighted by Gasteiger charge is 2.15. The van der Waals surface area contributed by atoms with Gasteiger partial charge in [0, 0.05) is 5.56 Å². The maximum Gasteiger partial charge on any atom is 0.145 e. The highest BCUT2D eigenvalue weighted by molar-refractivity contribution is 9.11. The van der Waals surface area contributed by atoms with Crippen LogP contribution >= 0.6 is 31.9 Å². The van der Waals surface area contributed by atoms with Crippen molar-refractivity contribution in [3.63, 3.8) is 0 Å². The number of ether oxygens (including phenoxy) is 4. The second kappa shape index (κ2) is 11.5. The SMILES string of the molecule is Cc1c(Oc2cccc(Oc3ccccc3)c2Br)cccc1Oc1cccc(Oc2ccccc2)c1Br. The average molecular weight is 618 g/mol. The third-order valence-corrected chi connectivity index (χ3v) is 7.04. The zero-order valence-electron chi connectivity index (χ0n) is 19.9. The molecular weight excluding hydrogens is 596 g/mol. The van der Waals surface area contributed by atoms with E-state index in [1.54, 1.807) is 0 Å². The van der Waals surface area contributed by atoms with Gasteiger partial charge in [0.1, 0.15) is 54.9 Å². The van der Waals surface area contributed by atoms with Crippen LogP contribution in [0.5, 0.6) is 46.0 Å². The van der Waals surface area contributed by atoms with Crippen molar-refractivity contribution in [1.29, 1.82) is 0 Å². The van der Waals surface area contributed by atoms with E-state index in [9.17, 15) is 0 Å². The van der Waals surface area contributed by atoms with Crippen molar-refractivity contribution in [2.75, 3.05) is 0 Å². The number of benzene rings is 5. The molecule has 5 aromatic rings. The van der Waals surface area contributed by atoms with Gasteiger partial charge in [0.25, 0.3) is 0 Å². The highest BCUT2D eigenvalue weighted by Crippen LogP contribution is 2.43. The van der Waals surface area contributed by atoms with Gasteiger partial charge in [-0.15, -0.1) is 0 Å². The lowest BCUT2D eigenvalue weighted by Crippen LogP contribution is -1.95. The summed E-state index contributed by atoms with van der Waals surface area (Å²) in [5.41, 5.74) is 0.852. The summed E-state index contributed by atoms with van der Waals surface area (Å²) in [4.78, 5) is 0. The van der Waals surface area contributed by atoms with E-state index < -0.39 is 0 Å². The predicted octanol–water partition coefficient (Wildman–Crippen LogP) is 10.7. The summed E-state index contributed by atoms with van der Waals surface area (Å²) in [5, 5.41) is 0. The number of hydrogen-bond acceptors (Lipinski definition) is 4. The third kappa shape index (κ3) is 5.98. The lowest BCUT2D eigenvalue weighted by Gasteiger charge is -2.17. The molecule has 0 aliphatic heterocycles. The minimum Gasteiger partial charge on any atom is -0.456 e. The first-order valence-corrected chi connectivity index (χ1v) is 13.2. The van der Waals surface area contributed by atoms with Crippen molar-refractivity contribution in [3.8, 4) is 46.0 Å². The first kappa shape index (κ1) is 24.9. The van der Waals surface area contributed by atoms with Crippen molar-refractivity contribution in [1.82, 2.24) is 0 Å². The fourth-order valence-electron chi connectivity index (χ4n) is 3.58. The molecule has 0 aliphatic rings. The van der Waals surface area contributed by atoms with Gasteiger partial charge >= 0.3 is 0 Å². The van der Waals surface area contributed by atoms with Crippen LogP contribution in [0.25, 0.3) is 0 Å². The van der Waals surface area contributed by atoms with Gasteiger partial charge in [-0.1, -0.05) is 54.6 Å². The first-order chi connectivity index (χ1) is 18.1. The summed E-state index contributed by atoms with van der Waals surface area (Å²) in [6, 6.07) is 36.3. The molecule has 0 atom stereocenters. The Kier molecular flexibility index (Phi) is 7.78. The molecule has 0 heterocycles. The molecule has 0 amide bonds. The second-order valence-corrected chi connectivity index (χ2v) is 9.64. The standard InChI is InChI=1S/C31H22Br2O4/c1-21-24(36-28-19-9-17-26(30(28)32)34-22-11-4-2-5-12-22)15-8-16-25(21)37-29-20-10-18-27(31(29)33)35-23-13-6-3-7-14-23/h2-20H,1H3. The molecule has 4 nitrogen and oxygen atoms in total. The largest absolute Gasteiger partial charge is 0.456 e. The van der Waals surface area contributed by atoms with E-state index in [2.05, 4.69) is 31.9 Å². The Hall–Kier alpha value is -3.74. The molecule has 184 valence electrons. The van der Waals surface area contributed by atoms with Gasteiger partial charge in [-0.3, -0.25) is 0 Å². The van der Waals surface area contributed by atoms with Crippen LogP contribution in [0.1, 0.15) is 5.56 Å². The maximum atomic E-state index is 6.29. The molecule has 0 spiro atoms. The normalized spacial score (nSPS) is 10.6. The van der Waals surface area contributed by atoms with Gasteiger partial charge in [-0.2, -0.15) is 0 Å². The van der Waals surface area contributed by atoms with Gasteiger partial charge in [0.15, 0.2) is 0 Å². The van der Waals surface area contributed by atoms with Gasteiger partial charge < -0.3 is 18.9 Å². The molecule has 0 unspecified atom stereocenters. The Morgan fingerprint density at radius 3 is 1.08 bits per heavy atom. The summed E-state index contributed by atoms with van der Waals surface area (Å²) in [5.74, 6) is 5.42. The Morgan fingerprint density at radius 1 is 0.378 bits per heavy atom. The zero-order chi connectivity index (χ0) is 25.6. The Labute approximate surface area is 232 Å². The van der Waals surface area contributed by atoms with Gasteiger partial charge in [0.05, 0.1) is 0 Å². The van der Waals surface area contributed by atoms with E-state index in [0.717, 1.165) is 26.0 Å². The Bertz CT molecular complexity index is 1390. The number of hydrogen-bond donors (Lipinski definition) is 0. The predicted molar refractivity (Wildman–Crippen MR) is 153 cm³/mol.